The average Bonchev–Trinajstić information content (AvgIpc) is 2.40. The number of carbonyl (C=O) groups is 1. The van der Waals surface area contributed by atoms with E-state index in [4.69, 9.17) is 9.47 Å². The van der Waals surface area contributed by atoms with E-state index in [0.717, 1.165) is 0 Å². The van der Waals surface area contributed by atoms with Crippen LogP contribution < -0.4 is 10.1 Å². The van der Waals surface area contributed by atoms with Crippen LogP contribution in [0.5, 0.6) is 5.88 Å². The highest BCUT2D eigenvalue weighted by atomic mass is 16.5. The minimum atomic E-state index is -0.127. The van der Waals surface area contributed by atoms with Crippen LogP contribution in [0.2, 0.25) is 0 Å². The lowest BCUT2D eigenvalue weighted by Gasteiger charge is -2.33. The Balaban J connectivity index is 1.97. The lowest BCUT2D eigenvalue weighted by atomic mass is 10.3. The van der Waals surface area contributed by atoms with Crippen LogP contribution in [0.15, 0.2) is 18.3 Å². The van der Waals surface area contributed by atoms with E-state index in [0.29, 0.717) is 31.3 Å². The van der Waals surface area contributed by atoms with Crippen molar-refractivity contribution in [2.75, 3.05) is 32.2 Å². The highest BCUT2D eigenvalue weighted by Gasteiger charge is 2.23. The first-order valence-corrected chi connectivity index (χ1v) is 5.86. The molecule has 0 radical (unpaired) electrons. The zero-order valence-corrected chi connectivity index (χ0v) is 10.5. The number of nitrogens with one attached hydrogen (secondary N) is 1. The molecule has 1 aliphatic heterocycles. The van der Waals surface area contributed by atoms with Gasteiger partial charge in [-0.3, -0.25) is 0 Å². The second-order valence-electron chi connectivity index (χ2n) is 4.14. The van der Waals surface area contributed by atoms with E-state index < -0.39 is 0 Å². The third-order valence-corrected chi connectivity index (χ3v) is 2.83. The largest absolute Gasteiger partial charge is 0.481 e. The van der Waals surface area contributed by atoms with Gasteiger partial charge in [0.15, 0.2) is 0 Å². The van der Waals surface area contributed by atoms with Crippen molar-refractivity contribution in [3.63, 3.8) is 0 Å². The van der Waals surface area contributed by atoms with Gasteiger partial charge in [-0.2, -0.15) is 0 Å². The van der Waals surface area contributed by atoms with E-state index in [1.807, 2.05) is 6.92 Å². The Hall–Kier alpha value is -1.82. The van der Waals surface area contributed by atoms with Crippen molar-refractivity contribution >= 4 is 11.7 Å². The summed E-state index contributed by atoms with van der Waals surface area (Å²) >= 11 is 0. The van der Waals surface area contributed by atoms with E-state index in [2.05, 4.69) is 10.3 Å². The van der Waals surface area contributed by atoms with E-state index in [1.54, 1.807) is 30.3 Å². The molecule has 98 valence electrons. The van der Waals surface area contributed by atoms with Crippen LogP contribution in [0, 0.1) is 0 Å². The van der Waals surface area contributed by atoms with Gasteiger partial charge in [0.2, 0.25) is 5.88 Å². The Labute approximate surface area is 106 Å². The van der Waals surface area contributed by atoms with E-state index in [-0.39, 0.29) is 12.1 Å². The van der Waals surface area contributed by atoms with E-state index in [9.17, 15) is 4.79 Å². The number of urea groups is 1. The number of hydrogen-bond donors (Lipinski definition) is 1. The Kier molecular flexibility index (Phi) is 3.99. The molecule has 1 N–H and O–H groups in total. The zero-order chi connectivity index (χ0) is 13.0. The number of amides is 2. The average molecular weight is 251 g/mol. The van der Waals surface area contributed by atoms with Gasteiger partial charge < -0.3 is 19.7 Å². The number of ether oxygens (including phenoxy) is 2. The van der Waals surface area contributed by atoms with Gasteiger partial charge >= 0.3 is 6.03 Å². The van der Waals surface area contributed by atoms with Crippen molar-refractivity contribution in [1.29, 1.82) is 0 Å². The smallest absolute Gasteiger partial charge is 0.322 e. The van der Waals surface area contributed by atoms with Gasteiger partial charge in [0.1, 0.15) is 0 Å². The fraction of sp³-hybridized carbons (Fsp3) is 0.500. The number of hydrogen-bond acceptors (Lipinski definition) is 4. The second-order valence-corrected chi connectivity index (χ2v) is 4.14. The van der Waals surface area contributed by atoms with Gasteiger partial charge in [-0.1, -0.05) is 0 Å². The highest BCUT2D eigenvalue weighted by molar-refractivity contribution is 5.89. The molecule has 1 aromatic rings. The van der Waals surface area contributed by atoms with Gasteiger partial charge in [0, 0.05) is 12.6 Å². The quantitative estimate of drug-likeness (QED) is 0.861. The second kappa shape index (κ2) is 5.68. The molecule has 18 heavy (non-hydrogen) atoms. The van der Waals surface area contributed by atoms with Crippen LogP contribution in [-0.4, -0.2) is 48.8 Å². The van der Waals surface area contributed by atoms with Crippen molar-refractivity contribution in [3.05, 3.63) is 18.3 Å². The third kappa shape index (κ3) is 2.89. The first-order chi connectivity index (χ1) is 8.70. The Bertz CT molecular complexity index is 408. The summed E-state index contributed by atoms with van der Waals surface area (Å²) in [5.74, 6) is 0.521. The summed E-state index contributed by atoms with van der Waals surface area (Å²) in [6.45, 7) is 3.73. The maximum atomic E-state index is 12.0. The van der Waals surface area contributed by atoms with Crippen LogP contribution in [-0.2, 0) is 4.74 Å². The van der Waals surface area contributed by atoms with Crippen LogP contribution in [0.25, 0.3) is 0 Å². The summed E-state index contributed by atoms with van der Waals surface area (Å²) < 4.78 is 10.2. The molecule has 1 saturated heterocycles. The predicted octanol–water partition coefficient (Wildman–Crippen LogP) is 1.34. The maximum absolute atomic E-state index is 12.0. The van der Waals surface area contributed by atoms with Crippen molar-refractivity contribution in [3.8, 4) is 5.88 Å². The van der Waals surface area contributed by atoms with Gasteiger partial charge in [0.05, 0.1) is 38.2 Å². The SMILES string of the molecule is COc1ccc(NC(=O)N2CCOC[C@@H]2C)cn1. The minimum absolute atomic E-state index is 0.0879. The van der Waals surface area contributed by atoms with Crippen molar-refractivity contribution in [1.82, 2.24) is 9.88 Å². The van der Waals surface area contributed by atoms with Crippen molar-refractivity contribution in [2.45, 2.75) is 13.0 Å². The zero-order valence-electron chi connectivity index (χ0n) is 10.5. The number of morpholine rings is 1. The number of pyridine rings is 1. The summed E-state index contributed by atoms with van der Waals surface area (Å²) in [4.78, 5) is 17.8. The number of aromatic nitrogens is 1. The summed E-state index contributed by atoms with van der Waals surface area (Å²) in [7, 11) is 1.55. The maximum Gasteiger partial charge on any atom is 0.322 e. The van der Waals surface area contributed by atoms with Crippen molar-refractivity contribution < 1.29 is 14.3 Å². The van der Waals surface area contributed by atoms with Crippen LogP contribution in [0.3, 0.4) is 0 Å². The number of nitrogens with zero attached hydrogens (tertiary/aromatic N) is 2. The van der Waals surface area contributed by atoms with E-state index in [1.165, 1.54) is 0 Å². The molecule has 0 aromatic carbocycles. The Morgan fingerprint density at radius 3 is 3.06 bits per heavy atom. The van der Waals surface area contributed by atoms with Gasteiger partial charge in [-0.25, -0.2) is 9.78 Å². The summed E-state index contributed by atoms with van der Waals surface area (Å²) in [5, 5.41) is 2.81. The molecule has 1 aliphatic rings. The summed E-state index contributed by atoms with van der Waals surface area (Å²) in [6, 6.07) is 3.43. The molecule has 0 unspecified atom stereocenters. The van der Waals surface area contributed by atoms with Gasteiger partial charge in [-0.05, 0) is 13.0 Å². The molecule has 1 atom stereocenters. The molecule has 1 fully saturated rings. The fourth-order valence-corrected chi connectivity index (χ4v) is 1.80. The number of methoxy groups -OCH3 is 1. The molecule has 2 rings (SSSR count). The predicted molar refractivity (Wildman–Crippen MR) is 66.8 cm³/mol. The number of anilines is 1. The molecular formula is C12H17N3O3. The highest BCUT2D eigenvalue weighted by Crippen LogP contribution is 2.13. The molecule has 0 bridgehead atoms. The molecule has 1 aromatic heterocycles. The summed E-state index contributed by atoms with van der Waals surface area (Å²) in [6.07, 6.45) is 1.57. The molecular weight excluding hydrogens is 234 g/mol. The normalized spacial score (nSPS) is 19.4. The first-order valence-electron chi connectivity index (χ1n) is 5.86. The van der Waals surface area contributed by atoms with Crippen LogP contribution in [0.4, 0.5) is 10.5 Å². The number of rotatable bonds is 2. The van der Waals surface area contributed by atoms with Gasteiger partial charge in [0.25, 0.3) is 0 Å². The molecule has 0 saturated carbocycles. The van der Waals surface area contributed by atoms with E-state index >= 15 is 0 Å². The molecule has 2 heterocycles. The first kappa shape index (κ1) is 12.6. The number of carbonyl (C=O) groups excluding carboxylic acids is 1. The lowest BCUT2D eigenvalue weighted by Crippen LogP contribution is -2.48. The molecule has 6 nitrogen and oxygen atoms in total. The Morgan fingerprint density at radius 1 is 1.61 bits per heavy atom. The lowest BCUT2D eigenvalue weighted by molar-refractivity contribution is 0.0221. The minimum Gasteiger partial charge on any atom is -0.481 e. The molecule has 2 amide bonds. The molecule has 0 spiro atoms. The van der Waals surface area contributed by atoms with Gasteiger partial charge in [-0.15, -0.1) is 0 Å². The van der Waals surface area contributed by atoms with Crippen LogP contribution >= 0.6 is 0 Å². The molecule has 0 aliphatic carbocycles. The monoisotopic (exact) mass is 251 g/mol. The topological polar surface area (TPSA) is 63.7 Å². The van der Waals surface area contributed by atoms with Crippen molar-refractivity contribution in [2.24, 2.45) is 0 Å². The van der Waals surface area contributed by atoms with Crippen LogP contribution in [0.1, 0.15) is 6.92 Å². The third-order valence-electron chi connectivity index (χ3n) is 2.83. The standard InChI is InChI=1S/C12H17N3O3/c1-9-8-18-6-5-15(9)12(16)14-10-3-4-11(17-2)13-7-10/h3-4,7,9H,5-6,8H2,1-2H3,(H,14,16)/t9-/m0/s1. The molecule has 6 heteroatoms. The summed E-state index contributed by atoms with van der Waals surface area (Å²) in [5.41, 5.74) is 0.652. The Morgan fingerprint density at radius 2 is 2.44 bits per heavy atom. The fourth-order valence-electron chi connectivity index (χ4n) is 1.80.